The molecule has 31 heavy (non-hydrogen) atoms. The van der Waals surface area contributed by atoms with Gasteiger partial charge in [0.05, 0.1) is 30.3 Å². The lowest BCUT2D eigenvalue weighted by molar-refractivity contribution is -0.115. The van der Waals surface area contributed by atoms with Crippen molar-refractivity contribution in [1.29, 1.82) is 0 Å². The van der Waals surface area contributed by atoms with E-state index in [4.69, 9.17) is 4.74 Å². The SMILES string of the molecule is COc1ccc(C)cc1NC(=O)CNC(=O)c1cnc2c(c1)c(=O)[nH]c(=O)n2C1CC1. The van der Waals surface area contributed by atoms with E-state index in [-0.39, 0.29) is 29.2 Å². The normalized spacial score (nSPS) is 13.1. The topological polar surface area (TPSA) is 135 Å². The molecule has 160 valence electrons. The Bertz CT molecular complexity index is 1310. The van der Waals surface area contributed by atoms with E-state index in [1.54, 1.807) is 12.1 Å². The fraction of sp³-hybridized carbons (Fsp3) is 0.286. The number of carbonyl (C=O) groups excluding carboxylic acids is 2. The second kappa shape index (κ2) is 8.05. The summed E-state index contributed by atoms with van der Waals surface area (Å²) in [5.74, 6) is -0.499. The summed E-state index contributed by atoms with van der Waals surface area (Å²) in [5, 5.41) is 5.34. The monoisotopic (exact) mass is 423 g/mol. The summed E-state index contributed by atoms with van der Waals surface area (Å²) in [4.78, 5) is 55.5. The molecule has 3 aromatic rings. The van der Waals surface area contributed by atoms with Gasteiger partial charge in [-0.25, -0.2) is 9.78 Å². The molecule has 3 N–H and O–H groups in total. The second-order valence-corrected chi connectivity index (χ2v) is 7.39. The van der Waals surface area contributed by atoms with Crippen LogP contribution in [0.25, 0.3) is 11.0 Å². The second-order valence-electron chi connectivity index (χ2n) is 7.39. The molecule has 1 saturated carbocycles. The highest BCUT2D eigenvalue weighted by Gasteiger charge is 2.27. The molecule has 1 aliphatic rings. The Hall–Kier alpha value is -3.95. The van der Waals surface area contributed by atoms with Crippen LogP contribution in [0.3, 0.4) is 0 Å². The molecule has 2 heterocycles. The molecule has 0 aliphatic heterocycles. The highest BCUT2D eigenvalue weighted by atomic mass is 16.5. The molecule has 1 aromatic carbocycles. The maximum atomic E-state index is 12.5. The lowest BCUT2D eigenvalue weighted by Crippen LogP contribution is -2.34. The summed E-state index contributed by atoms with van der Waals surface area (Å²) in [6.45, 7) is 1.60. The molecule has 2 amide bonds. The van der Waals surface area contributed by atoms with Crippen molar-refractivity contribution in [3.63, 3.8) is 0 Å². The number of pyridine rings is 1. The van der Waals surface area contributed by atoms with Gasteiger partial charge in [-0.05, 0) is 43.5 Å². The number of amides is 2. The zero-order valence-corrected chi connectivity index (χ0v) is 17.0. The summed E-state index contributed by atoms with van der Waals surface area (Å²) < 4.78 is 6.67. The van der Waals surface area contributed by atoms with Gasteiger partial charge in [0.1, 0.15) is 11.4 Å². The number of aryl methyl sites for hydroxylation is 1. The molecule has 0 bridgehead atoms. The van der Waals surface area contributed by atoms with Crippen molar-refractivity contribution in [2.24, 2.45) is 0 Å². The van der Waals surface area contributed by atoms with Crippen molar-refractivity contribution < 1.29 is 14.3 Å². The highest BCUT2D eigenvalue weighted by Crippen LogP contribution is 2.34. The fourth-order valence-electron chi connectivity index (χ4n) is 3.31. The molecule has 0 atom stereocenters. The average Bonchev–Trinajstić information content (AvgIpc) is 3.57. The van der Waals surface area contributed by atoms with E-state index in [2.05, 4.69) is 20.6 Å². The molecule has 0 spiro atoms. The number of nitrogens with one attached hydrogen (secondary N) is 3. The Labute approximate surface area is 176 Å². The predicted molar refractivity (Wildman–Crippen MR) is 114 cm³/mol. The minimum Gasteiger partial charge on any atom is -0.495 e. The largest absolute Gasteiger partial charge is 0.495 e. The Morgan fingerprint density at radius 2 is 2.03 bits per heavy atom. The van der Waals surface area contributed by atoms with Gasteiger partial charge in [0.2, 0.25) is 5.91 Å². The number of benzene rings is 1. The molecule has 0 radical (unpaired) electrons. The summed E-state index contributed by atoms with van der Waals surface area (Å²) in [6, 6.07) is 6.74. The average molecular weight is 423 g/mol. The molecular formula is C21H21N5O5. The number of ether oxygens (including phenoxy) is 1. The summed E-state index contributed by atoms with van der Waals surface area (Å²) in [5.41, 5.74) is 0.685. The zero-order chi connectivity index (χ0) is 22.1. The minimum atomic E-state index is -0.608. The fourth-order valence-corrected chi connectivity index (χ4v) is 3.31. The number of methoxy groups -OCH3 is 1. The number of hydrogen-bond acceptors (Lipinski definition) is 6. The van der Waals surface area contributed by atoms with Crippen molar-refractivity contribution in [2.75, 3.05) is 19.0 Å². The van der Waals surface area contributed by atoms with Crippen molar-refractivity contribution in [3.8, 4) is 5.75 Å². The van der Waals surface area contributed by atoms with E-state index >= 15 is 0 Å². The smallest absolute Gasteiger partial charge is 0.330 e. The summed E-state index contributed by atoms with van der Waals surface area (Å²) >= 11 is 0. The third kappa shape index (κ3) is 4.18. The van der Waals surface area contributed by atoms with E-state index in [0.29, 0.717) is 11.4 Å². The van der Waals surface area contributed by atoms with Gasteiger partial charge in [-0.2, -0.15) is 0 Å². The molecular weight excluding hydrogens is 402 g/mol. The van der Waals surface area contributed by atoms with Gasteiger partial charge in [-0.15, -0.1) is 0 Å². The number of aromatic amines is 1. The molecule has 1 fully saturated rings. The number of anilines is 1. The molecule has 10 heteroatoms. The summed E-state index contributed by atoms with van der Waals surface area (Å²) in [7, 11) is 1.50. The molecule has 2 aromatic heterocycles. The van der Waals surface area contributed by atoms with E-state index < -0.39 is 23.1 Å². The number of aromatic nitrogens is 3. The first kappa shape index (κ1) is 20.3. The number of H-pyrrole nitrogens is 1. The Balaban J connectivity index is 1.49. The Kier molecular flexibility index (Phi) is 5.28. The molecule has 0 unspecified atom stereocenters. The predicted octanol–water partition coefficient (Wildman–Crippen LogP) is 1.11. The van der Waals surface area contributed by atoms with Crippen LogP contribution >= 0.6 is 0 Å². The molecule has 1 aliphatic carbocycles. The van der Waals surface area contributed by atoms with Crippen LogP contribution in [-0.4, -0.2) is 40.0 Å². The highest BCUT2D eigenvalue weighted by molar-refractivity contribution is 6.01. The number of hydrogen-bond donors (Lipinski definition) is 3. The first-order valence-electron chi connectivity index (χ1n) is 9.74. The van der Waals surface area contributed by atoms with Gasteiger partial charge in [0.25, 0.3) is 11.5 Å². The third-order valence-corrected chi connectivity index (χ3v) is 4.99. The van der Waals surface area contributed by atoms with Crippen LogP contribution in [0, 0.1) is 6.92 Å². The van der Waals surface area contributed by atoms with E-state index in [9.17, 15) is 19.2 Å². The van der Waals surface area contributed by atoms with Crippen LogP contribution in [0.15, 0.2) is 40.1 Å². The van der Waals surface area contributed by atoms with Crippen LogP contribution in [-0.2, 0) is 4.79 Å². The van der Waals surface area contributed by atoms with Gasteiger partial charge in [-0.3, -0.25) is 23.9 Å². The Morgan fingerprint density at radius 1 is 1.26 bits per heavy atom. The lowest BCUT2D eigenvalue weighted by Gasteiger charge is -2.12. The number of nitrogens with zero attached hydrogens (tertiary/aromatic N) is 2. The van der Waals surface area contributed by atoms with Crippen LogP contribution in [0.4, 0.5) is 5.69 Å². The molecule has 10 nitrogen and oxygen atoms in total. The quantitative estimate of drug-likeness (QED) is 0.543. The van der Waals surface area contributed by atoms with Gasteiger partial charge in [0, 0.05) is 12.2 Å². The van der Waals surface area contributed by atoms with E-state index in [0.717, 1.165) is 18.4 Å². The molecule has 4 rings (SSSR count). The standard InChI is InChI=1S/C21H21N5O5/c1-11-3-6-16(31-2)15(7-11)24-17(27)10-23-19(28)12-8-14-18(22-9-12)26(13-4-5-13)21(30)25-20(14)29/h3,6-9,13H,4-5,10H2,1-2H3,(H,23,28)(H,24,27)(H,25,29,30). The first-order valence-corrected chi connectivity index (χ1v) is 9.74. The minimum absolute atomic E-state index is 0.0151. The Morgan fingerprint density at radius 3 is 2.74 bits per heavy atom. The van der Waals surface area contributed by atoms with Crippen LogP contribution in [0.5, 0.6) is 5.75 Å². The maximum Gasteiger partial charge on any atom is 0.330 e. The van der Waals surface area contributed by atoms with E-state index in [1.165, 1.54) is 23.9 Å². The van der Waals surface area contributed by atoms with Crippen LogP contribution in [0.2, 0.25) is 0 Å². The van der Waals surface area contributed by atoms with Crippen molar-refractivity contribution in [2.45, 2.75) is 25.8 Å². The van der Waals surface area contributed by atoms with E-state index in [1.807, 2.05) is 13.0 Å². The van der Waals surface area contributed by atoms with Gasteiger partial charge < -0.3 is 15.4 Å². The summed E-state index contributed by atoms with van der Waals surface area (Å²) in [6.07, 6.45) is 2.97. The zero-order valence-electron chi connectivity index (χ0n) is 17.0. The number of carbonyl (C=O) groups is 2. The van der Waals surface area contributed by atoms with Gasteiger partial charge in [-0.1, -0.05) is 6.07 Å². The maximum absolute atomic E-state index is 12.5. The molecule has 0 saturated heterocycles. The first-order chi connectivity index (χ1) is 14.9. The number of fused-ring (bicyclic) bond motifs is 1. The van der Waals surface area contributed by atoms with Crippen LogP contribution < -0.4 is 26.6 Å². The van der Waals surface area contributed by atoms with Crippen molar-refractivity contribution in [3.05, 3.63) is 62.4 Å². The van der Waals surface area contributed by atoms with Crippen molar-refractivity contribution >= 4 is 28.5 Å². The number of rotatable bonds is 6. The van der Waals surface area contributed by atoms with Crippen LogP contribution in [0.1, 0.15) is 34.8 Å². The van der Waals surface area contributed by atoms with Gasteiger partial charge in [0.15, 0.2) is 0 Å². The van der Waals surface area contributed by atoms with Crippen molar-refractivity contribution in [1.82, 2.24) is 19.9 Å². The third-order valence-electron chi connectivity index (χ3n) is 4.99. The lowest BCUT2D eigenvalue weighted by atomic mass is 10.2. The van der Waals surface area contributed by atoms with Gasteiger partial charge >= 0.3 is 5.69 Å².